The predicted octanol–water partition coefficient (Wildman–Crippen LogP) is 4.79. The quantitative estimate of drug-likeness (QED) is 0.731. The molecule has 0 aliphatic rings. The van der Waals surface area contributed by atoms with Gasteiger partial charge in [-0.1, -0.05) is 41.3 Å². The minimum Gasteiger partial charge on any atom is -0.375 e. The van der Waals surface area contributed by atoms with E-state index in [-0.39, 0.29) is 0 Å². The highest BCUT2D eigenvalue weighted by Crippen LogP contribution is 2.36. The van der Waals surface area contributed by atoms with Crippen LogP contribution in [0, 0.1) is 0 Å². The van der Waals surface area contributed by atoms with Crippen molar-refractivity contribution in [3.8, 4) is 0 Å². The Morgan fingerprint density at radius 3 is 2.67 bits per heavy atom. The van der Waals surface area contributed by atoms with Crippen LogP contribution in [0.25, 0.3) is 10.2 Å². The second kappa shape index (κ2) is 4.91. The lowest BCUT2D eigenvalue weighted by molar-refractivity contribution is 1.40. The highest BCUT2D eigenvalue weighted by Gasteiger charge is 2.08. The molecule has 0 atom stereocenters. The summed E-state index contributed by atoms with van der Waals surface area (Å²) in [5.41, 5.74) is 6.68. The molecular formula is C13H9BrN2S2. The van der Waals surface area contributed by atoms with E-state index in [1.165, 1.54) is 21.1 Å². The summed E-state index contributed by atoms with van der Waals surface area (Å²) in [6.45, 7) is 0. The average Bonchev–Trinajstić information content (AvgIpc) is 2.72. The van der Waals surface area contributed by atoms with E-state index in [1.54, 1.807) is 11.8 Å². The van der Waals surface area contributed by atoms with Gasteiger partial charge in [0.05, 0.1) is 10.2 Å². The number of halogens is 1. The summed E-state index contributed by atoms with van der Waals surface area (Å²) in [5.74, 6) is 0. The van der Waals surface area contributed by atoms with Crippen LogP contribution in [-0.2, 0) is 0 Å². The van der Waals surface area contributed by atoms with Crippen molar-refractivity contribution in [3.05, 3.63) is 46.9 Å². The first kappa shape index (κ1) is 12.0. The zero-order chi connectivity index (χ0) is 12.5. The van der Waals surface area contributed by atoms with Gasteiger partial charge in [-0.25, -0.2) is 4.98 Å². The number of aromatic nitrogens is 1. The Hall–Kier alpha value is -1.04. The van der Waals surface area contributed by atoms with Crippen molar-refractivity contribution in [1.82, 2.24) is 4.98 Å². The maximum Gasteiger partial charge on any atom is 0.181 e. The molecule has 0 aliphatic carbocycles. The number of anilines is 1. The predicted molar refractivity (Wildman–Crippen MR) is 82.3 cm³/mol. The maximum absolute atomic E-state index is 5.74. The number of nitrogen functional groups attached to an aromatic ring is 1. The van der Waals surface area contributed by atoms with E-state index in [4.69, 9.17) is 5.73 Å². The summed E-state index contributed by atoms with van der Waals surface area (Å²) in [4.78, 5) is 6.71. The van der Waals surface area contributed by atoms with E-state index < -0.39 is 0 Å². The van der Waals surface area contributed by atoms with Gasteiger partial charge in [0, 0.05) is 14.3 Å². The van der Waals surface area contributed by atoms with Crippen molar-refractivity contribution in [2.75, 3.05) is 5.73 Å². The van der Waals surface area contributed by atoms with Gasteiger partial charge in [0.2, 0.25) is 0 Å². The lowest BCUT2D eigenvalue weighted by Crippen LogP contribution is -1.80. The summed E-state index contributed by atoms with van der Waals surface area (Å²) in [6, 6.07) is 14.5. The first-order valence-corrected chi connectivity index (χ1v) is 7.73. The van der Waals surface area contributed by atoms with Gasteiger partial charge < -0.3 is 5.73 Å². The second-order valence-electron chi connectivity index (χ2n) is 3.72. The molecule has 3 aromatic rings. The van der Waals surface area contributed by atoms with Gasteiger partial charge in [-0.05, 0) is 40.2 Å². The molecule has 0 bridgehead atoms. The fourth-order valence-corrected chi connectivity index (χ4v) is 4.29. The topological polar surface area (TPSA) is 38.9 Å². The molecule has 18 heavy (non-hydrogen) atoms. The van der Waals surface area contributed by atoms with Crippen LogP contribution in [0.4, 0.5) is 5.13 Å². The number of thiazole rings is 1. The van der Waals surface area contributed by atoms with Gasteiger partial charge in [-0.2, -0.15) is 0 Å². The number of hydrogen-bond acceptors (Lipinski definition) is 4. The van der Waals surface area contributed by atoms with Crippen LogP contribution >= 0.6 is 39.0 Å². The third-order valence-corrected chi connectivity index (χ3v) is 4.83. The molecular weight excluding hydrogens is 328 g/mol. The molecule has 0 radical (unpaired) electrons. The van der Waals surface area contributed by atoms with Crippen LogP contribution in [0.1, 0.15) is 0 Å². The smallest absolute Gasteiger partial charge is 0.181 e. The zero-order valence-corrected chi connectivity index (χ0v) is 12.5. The Labute approximate surface area is 121 Å². The minimum absolute atomic E-state index is 0.604. The highest BCUT2D eigenvalue weighted by atomic mass is 79.9. The summed E-state index contributed by atoms with van der Waals surface area (Å²) in [7, 11) is 0. The minimum atomic E-state index is 0.604. The van der Waals surface area contributed by atoms with Crippen LogP contribution < -0.4 is 5.73 Å². The molecule has 0 amide bonds. The third-order valence-electron chi connectivity index (χ3n) is 2.42. The van der Waals surface area contributed by atoms with Crippen LogP contribution in [-0.4, -0.2) is 4.98 Å². The first-order chi connectivity index (χ1) is 8.72. The van der Waals surface area contributed by atoms with Crippen LogP contribution in [0.15, 0.2) is 56.7 Å². The van der Waals surface area contributed by atoms with E-state index in [9.17, 15) is 0 Å². The van der Waals surface area contributed by atoms with Gasteiger partial charge >= 0.3 is 0 Å². The number of benzene rings is 2. The zero-order valence-electron chi connectivity index (χ0n) is 9.26. The van der Waals surface area contributed by atoms with Crippen molar-refractivity contribution in [2.45, 2.75) is 9.79 Å². The van der Waals surface area contributed by atoms with E-state index >= 15 is 0 Å². The Morgan fingerprint density at radius 1 is 1.11 bits per heavy atom. The fourth-order valence-electron chi connectivity index (χ4n) is 1.67. The third kappa shape index (κ3) is 2.39. The van der Waals surface area contributed by atoms with Crippen molar-refractivity contribution in [2.24, 2.45) is 0 Å². The molecule has 90 valence electrons. The monoisotopic (exact) mass is 336 g/mol. The number of nitrogens with zero attached hydrogens (tertiary/aromatic N) is 1. The molecule has 2 nitrogen and oxygen atoms in total. The molecule has 2 aromatic carbocycles. The molecule has 1 aromatic heterocycles. The summed E-state index contributed by atoms with van der Waals surface area (Å²) in [5, 5.41) is 0.604. The summed E-state index contributed by atoms with van der Waals surface area (Å²) >= 11 is 6.80. The average molecular weight is 337 g/mol. The van der Waals surface area contributed by atoms with E-state index in [1.807, 2.05) is 18.2 Å². The molecule has 0 aliphatic heterocycles. The van der Waals surface area contributed by atoms with E-state index in [0.717, 1.165) is 14.7 Å². The standard InChI is InChI=1S/C13H9BrN2S2/c14-10-6-9(17-8-4-2-1-3-5-8)7-11-12(10)16-13(15)18-11/h1-7H,(H2,15,16). The molecule has 0 unspecified atom stereocenters. The molecule has 0 saturated heterocycles. The Kier molecular flexibility index (Phi) is 3.28. The lowest BCUT2D eigenvalue weighted by atomic mass is 10.3. The molecule has 0 spiro atoms. The summed E-state index contributed by atoms with van der Waals surface area (Å²) < 4.78 is 2.10. The number of hydrogen-bond donors (Lipinski definition) is 1. The molecule has 3 rings (SSSR count). The number of fused-ring (bicyclic) bond motifs is 1. The largest absolute Gasteiger partial charge is 0.375 e. The Balaban J connectivity index is 2.02. The summed E-state index contributed by atoms with van der Waals surface area (Å²) in [6.07, 6.45) is 0. The lowest BCUT2D eigenvalue weighted by Gasteiger charge is -2.02. The number of rotatable bonds is 2. The highest BCUT2D eigenvalue weighted by molar-refractivity contribution is 9.10. The molecule has 0 saturated carbocycles. The van der Waals surface area contributed by atoms with Gasteiger partial charge in [0.15, 0.2) is 5.13 Å². The molecule has 5 heteroatoms. The molecule has 1 heterocycles. The first-order valence-electron chi connectivity index (χ1n) is 5.31. The normalized spacial score (nSPS) is 10.9. The van der Waals surface area contributed by atoms with Crippen molar-refractivity contribution < 1.29 is 0 Å². The van der Waals surface area contributed by atoms with Gasteiger partial charge in [0.1, 0.15) is 0 Å². The van der Waals surface area contributed by atoms with Gasteiger partial charge in [-0.3, -0.25) is 0 Å². The second-order valence-corrected chi connectivity index (χ2v) is 6.78. The SMILES string of the molecule is Nc1nc2c(Br)cc(Sc3ccccc3)cc2s1. The van der Waals surface area contributed by atoms with Crippen LogP contribution in [0.5, 0.6) is 0 Å². The Bertz CT molecular complexity index is 695. The van der Waals surface area contributed by atoms with Crippen LogP contribution in [0.2, 0.25) is 0 Å². The van der Waals surface area contributed by atoms with Crippen LogP contribution in [0.3, 0.4) is 0 Å². The molecule has 2 N–H and O–H groups in total. The van der Waals surface area contributed by atoms with Crippen molar-refractivity contribution in [1.29, 1.82) is 0 Å². The fraction of sp³-hybridized carbons (Fsp3) is 0. The van der Waals surface area contributed by atoms with Gasteiger partial charge in [-0.15, -0.1) is 0 Å². The Morgan fingerprint density at radius 2 is 1.89 bits per heavy atom. The maximum atomic E-state index is 5.74. The van der Waals surface area contributed by atoms with E-state index in [2.05, 4.69) is 45.2 Å². The van der Waals surface area contributed by atoms with Crippen molar-refractivity contribution >= 4 is 54.4 Å². The van der Waals surface area contributed by atoms with Crippen molar-refractivity contribution in [3.63, 3.8) is 0 Å². The number of nitrogens with two attached hydrogens (primary N) is 1. The van der Waals surface area contributed by atoms with E-state index in [0.29, 0.717) is 5.13 Å². The molecule has 0 fully saturated rings. The van der Waals surface area contributed by atoms with Gasteiger partial charge in [0.25, 0.3) is 0 Å².